The highest BCUT2D eigenvalue weighted by atomic mass is 32.2. The first kappa shape index (κ1) is 25.3. The van der Waals surface area contributed by atoms with Gasteiger partial charge in [-0.15, -0.1) is 0 Å². The lowest BCUT2D eigenvalue weighted by Crippen LogP contribution is -2.47. The van der Waals surface area contributed by atoms with Crippen LogP contribution in [0.3, 0.4) is 0 Å². The molecular formula is C26H29F2N5O3S. The predicted molar refractivity (Wildman–Crippen MR) is 139 cm³/mol. The third-order valence-corrected chi connectivity index (χ3v) is 8.38. The van der Waals surface area contributed by atoms with Crippen molar-refractivity contribution in [2.45, 2.75) is 19.1 Å². The van der Waals surface area contributed by atoms with E-state index in [0.29, 0.717) is 61.7 Å². The third-order valence-electron chi connectivity index (χ3n) is 6.86. The minimum Gasteiger partial charge on any atom is -0.486 e. The lowest BCUT2D eigenvalue weighted by molar-refractivity contribution is 0.286. The number of nitrogen functional groups attached to an aromatic ring is 1. The maximum absolute atomic E-state index is 13.8. The molecule has 1 aliphatic heterocycles. The molecule has 1 aromatic heterocycles. The normalized spacial score (nSPS) is 20.6. The van der Waals surface area contributed by atoms with Crippen molar-refractivity contribution in [2.24, 2.45) is 11.8 Å². The van der Waals surface area contributed by atoms with E-state index in [4.69, 9.17) is 10.5 Å². The van der Waals surface area contributed by atoms with Crippen molar-refractivity contribution in [1.82, 2.24) is 14.1 Å². The van der Waals surface area contributed by atoms with E-state index in [2.05, 4.69) is 12.0 Å². The van der Waals surface area contributed by atoms with Gasteiger partial charge in [-0.3, -0.25) is 4.79 Å². The lowest BCUT2D eigenvalue weighted by Gasteiger charge is -2.35. The second-order valence-electron chi connectivity index (χ2n) is 9.61. The minimum absolute atomic E-state index is 0.0124. The average molecular weight is 530 g/mol. The molecule has 2 N–H and O–H groups in total. The molecule has 196 valence electrons. The molecule has 1 saturated heterocycles. The van der Waals surface area contributed by atoms with Crippen molar-refractivity contribution >= 4 is 22.4 Å². The van der Waals surface area contributed by atoms with Gasteiger partial charge in [-0.25, -0.2) is 17.3 Å². The first-order valence-electron chi connectivity index (χ1n) is 12.2. The number of piperazine rings is 1. The minimum atomic E-state index is -1.20. The number of halogens is 2. The van der Waals surface area contributed by atoms with Crippen molar-refractivity contribution < 1.29 is 17.7 Å². The Morgan fingerprint density at radius 1 is 1.08 bits per heavy atom. The number of anilines is 2. The van der Waals surface area contributed by atoms with Crippen molar-refractivity contribution in [1.29, 1.82) is 0 Å². The number of hydrogen-bond donors (Lipinski definition) is 1. The Hall–Kier alpha value is -3.31. The van der Waals surface area contributed by atoms with Gasteiger partial charge in [0.15, 0.2) is 0 Å². The van der Waals surface area contributed by atoms with E-state index in [0.717, 1.165) is 34.9 Å². The van der Waals surface area contributed by atoms with Crippen LogP contribution in [0.2, 0.25) is 0 Å². The van der Waals surface area contributed by atoms with Crippen molar-refractivity contribution in [3.63, 3.8) is 0 Å². The van der Waals surface area contributed by atoms with Crippen LogP contribution >= 0.6 is 0 Å². The Kier molecular flexibility index (Phi) is 7.25. The van der Waals surface area contributed by atoms with Gasteiger partial charge in [-0.1, -0.05) is 19.1 Å². The summed E-state index contributed by atoms with van der Waals surface area (Å²) >= 11 is 0. The number of hydrogen-bond acceptors (Lipinski definition) is 6. The highest BCUT2D eigenvalue weighted by Gasteiger charge is 2.34. The summed E-state index contributed by atoms with van der Waals surface area (Å²) in [4.78, 5) is 15.4. The van der Waals surface area contributed by atoms with E-state index in [9.17, 15) is 17.8 Å². The molecule has 2 aliphatic rings. The second kappa shape index (κ2) is 10.6. The molecule has 0 bridgehead atoms. The Morgan fingerprint density at radius 3 is 2.35 bits per heavy atom. The van der Waals surface area contributed by atoms with Crippen LogP contribution < -0.4 is 20.9 Å². The number of rotatable bonds is 8. The highest BCUT2D eigenvalue weighted by Crippen LogP contribution is 2.38. The maximum atomic E-state index is 13.8. The topological polar surface area (TPSA) is 93.7 Å². The first-order chi connectivity index (χ1) is 17.8. The van der Waals surface area contributed by atoms with Gasteiger partial charge >= 0.3 is 5.56 Å². The summed E-state index contributed by atoms with van der Waals surface area (Å²) in [7, 11) is -1.20. The van der Waals surface area contributed by atoms with E-state index >= 15 is 0 Å². The van der Waals surface area contributed by atoms with Crippen molar-refractivity contribution in [3.05, 3.63) is 76.2 Å². The largest absolute Gasteiger partial charge is 0.486 e. The van der Waals surface area contributed by atoms with Crippen LogP contribution in [0.4, 0.5) is 20.2 Å². The van der Waals surface area contributed by atoms with E-state index < -0.39 is 28.2 Å². The molecule has 2 fully saturated rings. The molecule has 5 rings (SSSR count). The zero-order chi connectivity index (χ0) is 26.1. The molecule has 3 aromatic rings. The monoisotopic (exact) mass is 529 g/mol. The fourth-order valence-corrected chi connectivity index (χ4v) is 5.67. The summed E-state index contributed by atoms with van der Waals surface area (Å²) in [6.45, 7) is 4.60. The molecule has 37 heavy (non-hydrogen) atoms. The van der Waals surface area contributed by atoms with Gasteiger partial charge in [0.2, 0.25) is 5.75 Å². The SMILES string of the molecule is CC1CC1COc1c(N2CCN(S(=O)Cc3ccc(N)cc3)CC2)cnn(-c2cc(F)cc(F)c2)c1=O. The summed E-state index contributed by atoms with van der Waals surface area (Å²) < 4.78 is 49.4. The van der Waals surface area contributed by atoms with Gasteiger partial charge in [0.1, 0.15) is 17.3 Å². The molecular weight excluding hydrogens is 500 g/mol. The van der Waals surface area contributed by atoms with E-state index in [-0.39, 0.29) is 11.4 Å². The van der Waals surface area contributed by atoms with Crippen LogP contribution in [0, 0.1) is 23.5 Å². The molecule has 1 aliphatic carbocycles. The van der Waals surface area contributed by atoms with Crippen LogP contribution in [-0.4, -0.2) is 51.1 Å². The number of nitrogens with two attached hydrogens (primary N) is 1. The van der Waals surface area contributed by atoms with E-state index in [1.54, 1.807) is 12.1 Å². The quantitative estimate of drug-likeness (QED) is 0.451. The fourth-order valence-electron chi connectivity index (χ4n) is 4.44. The summed E-state index contributed by atoms with van der Waals surface area (Å²) in [5, 5.41) is 4.21. The Labute approximate surface area is 216 Å². The van der Waals surface area contributed by atoms with Crippen molar-refractivity contribution in [3.8, 4) is 11.4 Å². The van der Waals surface area contributed by atoms with Gasteiger partial charge in [0.25, 0.3) is 0 Å². The number of benzene rings is 2. The molecule has 8 nitrogen and oxygen atoms in total. The fraction of sp³-hybridized carbons (Fsp3) is 0.385. The average Bonchev–Trinajstić information content (AvgIpc) is 3.58. The maximum Gasteiger partial charge on any atom is 0.316 e. The summed E-state index contributed by atoms with van der Waals surface area (Å²) in [5.74, 6) is -0.196. The Morgan fingerprint density at radius 2 is 1.73 bits per heavy atom. The zero-order valence-corrected chi connectivity index (χ0v) is 21.3. The summed E-state index contributed by atoms with van der Waals surface area (Å²) in [6.07, 6.45) is 2.53. The summed E-state index contributed by atoms with van der Waals surface area (Å²) in [5.41, 5.74) is 7.27. The smallest absolute Gasteiger partial charge is 0.316 e. The molecule has 0 amide bonds. The van der Waals surface area contributed by atoms with Crippen LogP contribution in [-0.2, 0) is 16.7 Å². The van der Waals surface area contributed by atoms with Gasteiger partial charge in [-0.2, -0.15) is 9.78 Å². The molecule has 2 heterocycles. The lowest BCUT2D eigenvalue weighted by atomic mass is 10.2. The van der Waals surface area contributed by atoms with Gasteiger partial charge in [0, 0.05) is 37.9 Å². The van der Waals surface area contributed by atoms with Crippen LogP contribution in [0.5, 0.6) is 5.75 Å². The van der Waals surface area contributed by atoms with Gasteiger partial charge in [0.05, 0.1) is 35.2 Å². The summed E-state index contributed by atoms with van der Waals surface area (Å²) in [6, 6.07) is 10.2. The second-order valence-corrected chi connectivity index (χ2v) is 11.1. The van der Waals surface area contributed by atoms with E-state index in [1.165, 1.54) is 6.20 Å². The van der Waals surface area contributed by atoms with Crippen LogP contribution in [0.1, 0.15) is 18.9 Å². The number of ether oxygens (including phenoxy) is 1. The highest BCUT2D eigenvalue weighted by molar-refractivity contribution is 7.81. The van der Waals surface area contributed by atoms with Gasteiger partial charge in [-0.05, 0) is 48.1 Å². The molecule has 2 aromatic carbocycles. The van der Waals surface area contributed by atoms with Crippen molar-refractivity contribution in [2.75, 3.05) is 43.4 Å². The Bertz CT molecular complexity index is 1340. The molecule has 0 radical (unpaired) electrons. The molecule has 3 unspecified atom stereocenters. The molecule has 3 atom stereocenters. The standard InChI is InChI=1S/C26H29F2N5O3S/c1-17-10-19(17)15-36-25-24(14-30-33(26(25)34)23-12-20(27)11-21(28)13-23)31-6-8-32(9-7-31)37(35)16-18-2-4-22(29)5-3-18/h2-5,11-14,17,19H,6-10,15-16,29H2,1H3. The molecule has 0 spiro atoms. The van der Waals surface area contributed by atoms with Crippen LogP contribution in [0.15, 0.2) is 53.5 Å². The molecule has 1 saturated carbocycles. The first-order valence-corrected chi connectivity index (χ1v) is 13.5. The Balaban J connectivity index is 1.34. The van der Waals surface area contributed by atoms with Gasteiger partial charge < -0.3 is 15.4 Å². The third kappa shape index (κ3) is 5.83. The molecule has 11 heteroatoms. The number of nitrogens with zero attached hydrogens (tertiary/aromatic N) is 4. The van der Waals surface area contributed by atoms with Crippen LogP contribution in [0.25, 0.3) is 5.69 Å². The number of aromatic nitrogens is 2. The zero-order valence-electron chi connectivity index (χ0n) is 20.5. The predicted octanol–water partition coefficient (Wildman–Crippen LogP) is 3.11. The van der Waals surface area contributed by atoms with E-state index in [1.807, 2.05) is 21.3 Å².